The SMILES string of the molecule is O=C(O)CN(C(=O)Cc1cccc(C(F)(F)F)c1)C1CCOCC1. The van der Waals surface area contributed by atoms with Gasteiger partial charge in [-0.1, -0.05) is 18.2 Å². The molecule has 0 unspecified atom stereocenters. The van der Waals surface area contributed by atoms with Crippen LogP contribution in [0, 0.1) is 0 Å². The number of nitrogens with zero attached hydrogens (tertiary/aromatic N) is 1. The van der Waals surface area contributed by atoms with Crippen molar-refractivity contribution in [1.29, 1.82) is 0 Å². The second-order valence-corrected chi connectivity index (χ2v) is 5.63. The minimum atomic E-state index is -4.49. The van der Waals surface area contributed by atoms with Crippen molar-refractivity contribution in [2.45, 2.75) is 31.5 Å². The summed E-state index contributed by atoms with van der Waals surface area (Å²) >= 11 is 0. The van der Waals surface area contributed by atoms with E-state index in [1.807, 2.05) is 0 Å². The third kappa shape index (κ3) is 4.95. The van der Waals surface area contributed by atoms with E-state index in [-0.39, 0.29) is 18.0 Å². The molecule has 0 radical (unpaired) electrons. The van der Waals surface area contributed by atoms with Gasteiger partial charge in [0, 0.05) is 19.3 Å². The van der Waals surface area contributed by atoms with Crippen LogP contribution in [-0.2, 0) is 26.9 Å². The highest BCUT2D eigenvalue weighted by atomic mass is 19.4. The van der Waals surface area contributed by atoms with Gasteiger partial charge in [0.25, 0.3) is 0 Å². The second-order valence-electron chi connectivity index (χ2n) is 5.63. The zero-order valence-electron chi connectivity index (χ0n) is 12.9. The highest BCUT2D eigenvalue weighted by Crippen LogP contribution is 2.29. The molecule has 0 aliphatic carbocycles. The summed E-state index contributed by atoms with van der Waals surface area (Å²) in [7, 11) is 0. The van der Waals surface area contributed by atoms with Crippen molar-refractivity contribution >= 4 is 11.9 Å². The number of ether oxygens (including phenoxy) is 1. The lowest BCUT2D eigenvalue weighted by Crippen LogP contribution is -2.46. The van der Waals surface area contributed by atoms with Gasteiger partial charge in [0.1, 0.15) is 6.54 Å². The van der Waals surface area contributed by atoms with Crippen LogP contribution in [-0.4, -0.2) is 47.7 Å². The van der Waals surface area contributed by atoms with Crippen LogP contribution in [0.2, 0.25) is 0 Å². The molecule has 1 aromatic carbocycles. The lowest BCUT2D eigenvalue weighted by atomic mass is 10.0. The van der Waals surface area contributed by atoms with Gasteiger partial charge in [0.05, 0.1) is 12.0 Å². The van der Waals surface area contributed by atoms with Crippen molar-refractivity contribution in [3.63, 3.8) is 0 Å². The van der Waals surface area contributed by atoms with E-state index in [2.05, 4.69) is 0 Å². The van der Waals surface area contributed by atoms with E-state index in [1.165, 1.54) is 17.0 Å². The molecule has 1 aromatic rings. The molecule has 1 amide bonds. The normalized spacial score (nSPS) is 16.0. The number of carboxylic acid groups (broad SMARTS) is 1. The first-order valence-corrected chi connectivity index (χ1v) is 7.52. The monoisotopic (exact) mass is 345 g/mol. The number of carboxylic acids is 1. The molecule has 1 fully saturated rings. The van der Waals surface area contributed by atoms with Crippen LogP contribution in [0.4, 0.5) is 13.2 Å². The number of amides is 1. The summed E-state index contributed by atoms with van der Waals surface area (Å²) in [6.07, 6.45) is -3.72. The van der Waals surface area contributed by atoms with Crippen molar-refractivity contribution in [3.05, 3.63) is 35.4 Å². The molecule has 1 N–H and O–H groups in total. The van der Waals surface area contributed by atoms with Crippen molar-refractivity contribution in [2.75, 3.05) is 19.8 Å². The van der Waals surface area contributed by atoms with E-state index in [0.717, 1.165) is 12.1 Å². The predicted octanol–water partition coefficient (Wildman–Crippen LogP) is 2.34. The van der Waals surface area contributed by atoms with Crippen molar-refractivity contribution in [2.24, 2.45) is 0 Å². The smallest absolute Gasteiger partial charge is 0.416 e. The van der Waals surface area contributed by atoms with Gasteiger partial charge in [-0.05, 0) is 24.5 Å². The van der Waals surface area contributed by atoms with Crippen LogP contribution in [0.15, 0.2) is 24.3 Å². The van der Waals surface area contributed by atoms with E-state index in [4.69, 9.17) is 9.84 Å². The number of aliphatic carboxylic acids is 1. The molecule has 0 atom stereocenters. The van der Waals surface area contributed by atoms with Gasteiger partial charge in [0.15, 0.2) is 0 Å². The van der Waals surface area contributed by atoms with Crippen LogP contribution < -0.4 is 0 Å². The third-order valence-corrected chi connectivity index (χ3v) is 3.87. The number of benzene rings is 1. The Labute approximate surface area is 137 Å². The zero-order valence-corrected chi connectivity index (χ0v) is 12.9. The van der Waals surface area contributed by atoms with E-state index in [9.17, 15) is 22.8 Å². The summed E-state index contributed by atoms with van der Waals surface area (Å²) in [5.41, 5.74) is -0.624. The Morgan fingerprint density at radius 2 is 1.92 bits per heavy atom. The van der Waals surface area contributed by atoms with Crippen LogP contribution in [0.25, 0.3) is 0 Å². The van der Waals surface area contributed by atoms with E-state index < -0.39 is 30.2 Å². The first-order chi connectivity index (χ1) is 11.3. The number of rotatable bonds is 5. The minimum Gasteiger partial charge on any atom is -0.480 e. The average molecular weight is 345 g/mol. The Bertz CT molecular complexity index is 597. The van der Waals surface area contributed by atoms with Gasteiger partial charge < -0.3 is 14.7 Å². The van der Waals surface area contributed by atoms with Gasteiger partial charge in [-0.25, -0.2) is 0 Å². The van der Waals surface area contributed by atoms with Crippen LogP contribution >= 0.6 is 0 Å². The molecule has 0 bridgehead atoms. The maximum absolute atomic E-state index is 12.7. The van der Waals surface area contributed by atoms with Crippen LogP contribution in [0.3, 0.4) is 0 Å². The van der Waals surface area contributed by atoms with Gasteiger partial charge in [-0.2, -0.15) is 13.2 Å². The Kier molecular flexibility index (Phi) is 5.82. The number of carbonyl (C=O) groups is 2. The number of halogens is 3. The number of carbonyl (C=O) groups excluding carboxylic acids is 1. The molecule has 0 aromatic heterocycles. The second kappa shape index (κ2) is 7.65. The Balaban J connectivity index is 2.13. The molecular formula is C16H18F3NO4. The first kappa shape index (κ1) is 18.3. The highest BCUT2D eigenvalue weighted by Gasteiger charge is 2.31. The van der Waals surface area contributed by atoms with Gasteiger partial charge in [0.2, 0.25) is 5.91 Å². The molecule has 8 heteroatoms. The van der Waals surface area contributed by atoms with Crippen LogP contribution in [0.5, 0.6) is 0 Å². The molecule has 5 nitrogen and oxygen atoms in total. The molecule has 1 aliphatic heterocycles. The molecule has 1 heterocycles. The fraction of sp³-hybridized carbons (Fsp3) is 0.500. The third-order valence-electron chi connectivity index (χ3n) is 3.87. The average Bonchev–Trinajstić information content (AvgIpc) is 2.52. The summed E-state index contributed by atoms with van der Waals surface area (Å²) in [5.74, 6) is -1.65. The Hall–Kier alpha value is -2.09. The molecule has 1 aliphatic rings. The molecule has 1 saturated heterocycles. The number of hydrogen-bond donors (Lipinski definition) is 1. The fourth-order valence-electron chi connectivity index (χ4n) is 2.70. The maximum Gasteiger partial charge on any atom is 0.416 e. The van der Waals surface area contributed by atoms with Crippen molar-refractivity contribution in [1.82, 2.24) is 4.90 Å². The maximum atomic E-state index is 12.7. The molecule has 24 heavy (non-hydrogen) atoms. The van der Waals surface area contributed by atoms with Crippen LogP contribution in [0.1, 0.15) is 24.0 Å². The largest absolute Gasteiger partial charge is 0.480 e. The van der Waals surface area contributed by atoms with E-state index in [1.54, 1.807) is 0 Å². The predicted molar refractivity (Wildman–Crippen MR) is 78.3 cm³/mol. The lowest BCUT2D eigenvalue weighted by molar-refractivity contribution is -0.147. The van der Waals surface area contributed by atoms with E-state index >= 15 is 0 Å². The highest BCUT2D eigenvalue weighted by molar-refractivity contribution is 5.83. The molecular weight excluding hydrogens is 327 g/mol. The quantitative estimate of drug-likeness (QED) is 0.890. The molecule has 0 saturated carbocycles. The lowest BCUT2D eigenvalue weighted by Gasteiger charge is -2.33. The summed E-state index contributed by atoms with van der Waals surface area (Å²) in [5, 5.41) is 9.01. The Morgan fingerprint density at radius 3 is 2.50 bits per heavy atom. The van der Waals surface area contributed by atoms with Gasteiger partial charge in [-0.3, -0.25) is 9.59 Å². The topological polar surface area (TPSA) is 66.8 Å². The fourth-order valence-corrected chi connectivity index (χ4v) is 2.70. The molecule has 0 spiro atoms. The van der Waals surface area contributed by atoms with Gasteiger partial charge >= 0.3 is 12.1 Å². The zero-order chi connectivity index (χ0) is 17.7. The standard InChI is InChI=1S/C16H18F3NO4/c17-16(18,19)12-3-1-2-11(8-12)9-14(21)20(10-15(22)23)13-4-6-24-7-5-13/h1-3,8,13H,4-7,9-10H2,(H,22,23). The minimum absolute atomic E-state index is 0.206. The number of hydrogen-bond acceptors (Lipinski definition) is 3. The molecule has 2 rings (SSSR count). The van der Waals surface area contributed by atoms with Crippen molar-refractivity contribution < 1.29 is 32.6 Å². The summed E-state index contributed by atoms with van der Waals surface area (Å²) in [6, 6.07) is 4.24. The first-order valence-electron chi connectivity index (χ1n) is 7.52. The van der Waals surface area contributed by atoms with Crippen molar-refractivity contribution in [3.8, 4) is 0 Å². The van der Waals surface area contributed by atoms with E-state index in [0.29, 0.717) is 26.1 Å². The Morgan fingerprint density at radius 1 is 1.25 bits per heavy atom. The summed E-state index contributed by atoms with van der Waals surface area (Å²) in [6.45, 7) is 0.387. The van der Waals surface area contributed by atoms with Gasteiger partial charge in [-0.15, -0.1) is 0 Å². The summed E-state index contributed by atoms with van der Waals surface area (Å²) in [4.78, 5) is 24.7. The summed E-state index contributed by atoms with van der Waals surface area (Å²) < 4.78 is 43.4. The number of alkyl halides is 3. The molecule has 132 valence electrons.